The van der Waals surface area contributed by atoms with Gasteiger partial charge >= 0.3 is 0 Å². The van der Waals surface area contributed by atoms with Gasteiger partial charge in [-0.3, -0.25) is 4.79 Å². The normalized spacial score (nSPS) is 16.0. The summed E-state index contributed by atoms with van der Waals surface area (Å²) in [6, 6.07) is 28.7. The second kappa shape index (κ2) is 8.29. The SMILES string of the molecule is Cc1ccc(C2C(/C=c3\sc4nc5ccccc5n4c3=O)=C(c3cccs3)Oc3ccccc32)cc1. The molecule has 0 amide bonds. The number of rotatable bonds is 3. The molecule has 1 unspecified atom stereocenters. The molecule has 0 aliphatic carbocycles. The van der Waals surface area contributed by atoms with Crippen LogP contribution < -0.4 is 14.8 Å². The summed E-state index contributed by atoms with van der Waals surface area (Å²) in [5.41, 5.74) is 6.05. The van der Waals surface area contributed by atoms with Gasteiger partial charge in [0.2, 0.25) is 0 Å². The van der Waals surface area contributed by atoms with E-state index >= 15 is 0 Å². The van der Waals surface area contributed by atoms with Crippen molar-refractivity contribution >= 4 is 50.5 Å². The fraction of sp³-hybridized carbons (Fsp3) is 0.0667. The second-order valence-electron chi connectivity index (χ2n) is 8.88. The van der Waals surface area contributed by atoms with E-state index in [-0.39, 0.29) is 11.5 Å². The van der Waals surface area contributed by atoms with Crippen LogP contribution in [0.25, 0.3) is 27.8 Å². The summed E-state index contributed by atoms with van der Waals surface area (Å²) in [5, 5.41) is 2.05. The van der Waals surface area contributed by atoms with E-state index in [1.807, 2.05) is 54.6 Å². The van der Waals surface area contributed by atoms with Gasteiger partial charge in [0, 0.05) is 17.1 Å². The van der Waals surface area contributed by atoms with Crippen molar-refractivity contribution in [2.45, 2.75) is 12.8 Å². The van der Waals surface area contributed by atoms with E-state index in [1.165, 1.54) is 16.9 Å². The number of benzene rings is 3. The van der Waals surface area contributed by atoms with Crippen molar-refractivity contribution < 1.29 is 4.74 Å². The van der Waals surface area contributed by atoms with Crippen LogP contribution in [0.4, 0.5) is 0 Å². The number of imidazole rings is 1. The summed E-state index contributed by atoms with van der Waals surface area (Å²) < 4.78 is 8.90. The van der Waals surface area contributed by atoms with E-state index in [2.05, 4.69) is 48.7 Å². The van der Waals surface area contributed by atoms with Crippen molar-refractivity contribution in [1.82, 2.24) is 9.38 Å². The Kier molecular flexibility index (Phi) is 4.91. The minimum atomic E-state index is -0.0711. The summed E-state index contributed by atoms with van der Waals surface area (Å²) in [6.07, 6.45) is 2.02. The van der Waals surface area contributed by atoms with Crippen molar-refractivity contribution in [3.63, 3.8) is 0 Å². The van der Waals surface area contributed by atoms with Gasteiger partial charge in [-0.1, -0.05) is 77.6 Å². The topological polar surface area (TPSA) is 43.6 Å². The number of fused-ring (bicyclic) bond motifs is 4. The third-order valence-corrected chi connectivity index (χ3v) is 8.44. The van der Waals surface area contributed by atoms with Crippen LogP contribution >= 0.6 is 22.7 Å². The molecule has 0 N–H and O–H groups in total. The van der Waals surface area contributed by atoms with Crippen molar-refractivity contribution in [2.24, 2.45) is 0 Å². The highest BCUT2D eigenvalue weighted by Crippen LogP contribution is 2.47. The molecule has 3 aromatic heterocycles. The summed E-state index contributed by atoms with van der Waals surface area (Å²) in [7, 11) is 0. The van der Waals surface area contributed by atoms with E-state index in [9.17, 15) is 4.79 Å². The van der Waals surface area contributed by atoms with Crippen molar-refractivity contribution in [1.29, 1.82) is 0 Å². The summed E-state index contributed by atoms with van der Waals surface area (Å²) >= 11 is 3.06. The molecule has 1 aliphatic rings. The monoisotopic (exact) mass is 504 g/mol. The van der Waals surface area contributed by atoms with Gasteiger partial charge in [0.15, 0.2) is 4.96 Å². The first-order valence-electron chi connectivity index (χ1n) is 11.7. The molecule has 0 spiro atoms. The number of thiophene rings is 1. The largest absolute Gasteiger partial charge is 0.455 e. The van der Waals surface area contributed by atoms with Crippen LogP contribution in [0.15, 0.2) is 101 Å². The highest BCUT2D eigenvalue weighted by molar-refractivity contribution is 7.15. The number of allylic oxidation sites excluding steroid dienone is 1. The van der Waals surface area contributed by atoms with Crippen molar-refractivity contribution in [2.75, 3.05) is 0 Å². The Labute approximate surface area is 215 Å². The Balaban J connectivity index is 1.54. The number of hydrogen-bond donors (Lipinski definition) is 0. The third kappa shape index (κ3) is 3.33. The van der Waals surface area contributed by atoms with E-state index in [4.69, 9.17) is 9.72 Å². The second-order valence-corrected chi connectivity index (χ2v) is 10.8. The smallest absolute Gasteiger partial charge is 0.274 e. The number of hydrogen-bond acceptors (Lipinski definition) is 5. The minimum absolute atomic E-state index is 0.0526. The summed E-state index contributed by atoms with van der Waals surface area (Å²) in [4.78, 5) is 20.1. The number of aryl methyl sites for hydroxylation is 1. The highest BCUT2D eigenvalue weighted by Gasteiger charge is 2.31. The number of thiazole rings is 1. The first kappa shape index (κ1) is 21.3. The first-order valence-corrected chi connectivity index (χ1v) is 13.4. The Bertz CT molecular complexity index is 1890. The number of ether oxygens (including phenoxy) is 1. The molecule has 1 aliphatic heterocycles. The molecule has 0 saturated heterocycles. The molecule has 4 nitrogen and oxygen atoms in total. The number of nitrogens with zero attached hydrogens (tertiary/aromatic N) is 2. The summed E-state index contributed by atoms with van der Waals surface area (Å²) in [5.74, 6) is 1.57. The van der Waals surface area contributed by atoms with Crippen LogP contribution in [-0.2, 0) is 0 Å². The molecule has 0 saturated carbocycles. The lowest BCUT2D eigenvalue weighted by molar-refractivity contribution is 0.490. The highest BCUT2D eigenvalue weighted by atomic mass is 32.1. The lowest BCUT2D eigenvalue weighted by atomic mass is 9.81. The van der Waals surface area contributed by atoms with E-state index in [0.717, 1.165) is 44.1 Å². The lowest BCUT2D eigenvalue weighted by Gasteiger charge is -2.29. The van der Waals surface area contributed by atoms with E-state index < -0.39 is 0 Å². The predicted octanol–water partition coefficient (Wildman–Crippen LogP) is 6.41. The fourth-order valence-electron chi connectivity index (χ4n) is 4.90. The van der Waals surface area contributed by atoms with Gasteiger partial charge in [-0.2, -0.15) is 0 Å². The van der Waals surface area contributed by atoms with Gasteiger partial charge in [0.1, 0.15) is 11.5 Å². The van der Waals surface area contributed by atoms with Gasteiger partial charge in [0.25, 0.3) is 5.56 Å². The molecule has 1 atom stereocenters. The predicted molar refractivity (Wildman–Crippen MR) is 148 cm³/mol. The molecular weight excluding hydrogens is 484 g/mol. The molecule has 3 aromatic carbocycles. The quantitative estimate of drug-likeness (QED) is 0.280. The molecular formula is C30H20N2O2S2. The van der Waals surface area contributed by atoms with Crippen molar-refractivity contribution in [3.05, 3.63) is 132 Å². The molecule has 6 heteroatoms. The van der Waals surface area contributed by atoms with Gasteiger partial charge < -0.3 is 4.74 Å². The average Bonchev–Trinajstić information content (AvgIpc) is 3.62. The summed E-state index contributed by atoms with van der Waals surface area (Å²) in [6.45, 7) is 2.09. The Morgan fingerprint density at radius 2 is 1.75 bits per heavy atom. The van der Waals surface area contributed by atoms with Crippen molar-refractivity contribution in [3.8, 4) is 5.75 Å². The van der Waals surface area contributed by atoms with Crippen LogP contribution in [0.5, 0.6) is 5.75 Å². The molecule has 0 bridgehead atoms. The van der Waals surface area contributed by atoms with E-state index in [0.29, 0.717) is 9.49 Å². The lowest BCUT2D eigenvalue weighted by Crippen LogP contribution is -2.24. The zero-order valence-electron chi connectivity index (χ0n) is 19.3. The van der Waals surface area contributed by atoms with Crippen LogP contribution in [0.1, 0.15) is 27.5 Å². The molecule has 6 aromatic rings. The Morgan fingerprint density at radius 3 is 2.58 bits per heavy atom. The minimum Gasteiger partial charge on any atom is -0.455 e. The van der Waals surface area contributed by atoms with Crippen LogP contribution in [0.2, 0.25) is 0 Å². The average molecular weight is 505 g/mol. The zero-order chi connectivity index (χ0) is 24.2. The van der Waals surface area contributed by atoms with Gasteiger partial charge in [-0.05, 0) is 48.2 Å². The molecule has 4 heterocycles. The van der Waals surface area contributed by atoms with Crippen LogP contribution in [0, 0.1) is 6.92 Å². The maximum Gasteiger partial charge on any atom is 0.274 e. The Morgan fingerprint density at radius 1 is 0.944 bits per heavy atom. The Hall–Kier alpha value is -4.00. The zero-order valence-corrected chi connectivity index (χ0v) is 21.0. The first-order chi connectivity index (χ1) is 17.7. The fourth-order valence-corrected chi connectivity index (χ4v) is 6.61. The maximum atomic E-state index is 13.6. The van der Waals surface area contributed by atoms with Gasteiger partial charge in [-0.25, -0.2) is 9.38 Å². The maximum absolute atomic E-state index is 13.6. The number of para-hydroxylation sites is 3. The van der Waals surface area contributed by atoms with Gasteiger partial charge in [0.05, 0.1) is 20.4 Å². The molecule has 7 rings (SSSR count). The third-order valence-electron chi connectivity index (χ3n) is 6.60. The standard InChI is InChI=1S/C30H20N2O2S2/c1-18-12-14-19(15-13-18)27-20-7-2-5-10-24(20)34-28(25-11-6-16-35-25)21(27)17-26-29(33)32-23-9-4-3-8-22(23)31-30(32)36-26/h2-17,27H,1H3/b26-17-. The van der Waals surface area contributed by atoms with Gasteiger partial charge in [-0.15, -0.1) is 11.3 Å². The molecule has 36 heavy (non-hydrogen) atoms. The molecule has 0 radical (unpaired) electrons. The molecule has 0 fully saturated rings. The molecule has 174 valence electrons. The van der Waals surface area contributed by atoms with Crippen LogP contribution in [-0.4, -0.2) is 9.38 Å². The number of aromatic nitrogens is 2. The van der Waals surface area contributed by atoms with E-state index in [1.54, 1.807) is 15.7 Å². The van der Waals surface area contributed by atoms with Crippen LogP contribution in [0.3, 0.4) is 0 Å².